The summed E-state index contributed by atoms with van der Waals surface area (Å²) in [6, 6.07) is 4.99. The summed E-state index contributed by atoms with van der Waals surface area (Å²) in [6.45, 7) is 3.55. The summed E-state index contributed by atoms with van der Waals surface area (Å²) in [7, 11) is 5.88. The van der Waals surface area contributed by atoms with E-state index in [0.717, 1.165) is 35.4 Å². The summed E-state index contributed by atoms with van der Waals surface area (Å²) in [5.74, 6) is 0. The summed E-state index contributed by atoms with van der Waals surface area (Å²) in [4.78, 5) is 17.9. The number of fused-ring (bicyclic) bond motifs is 2. The van der Waals surface area contributed by atoms with Crippen LogP contribution >= 0.6 is 12.4 Å². The van der Waals surface area contributed by atoms with Gasteiger partial charge in [-0.1, -0.05) is 6.07 Å². The average molecular weight is 379 g/mol. The molecule has 0 saturated carbocycles. The van der Waals surface area contributed by atoms with Crippen LogP contribution in [0, 0.1) is 17.0 Å². The molecule has 0 radical (unpaired) electrons. The third kappa shape index (κ3) is 3.56. The first-order chi connectivity index (χ1) is 11.9. The molecule has 0 aliphatic heterocycles. The van der Waals surface area contributed by atoms with Gasteiger partial charge in [-0.2, -0.15) is 5.10 Å². The van der Waals surface area contributed by atoms with Crippen molar-refractivity contribution in [2.24, 2.45) is 7.05 Å². The fourth-order valence-electron chi connectivity index (χ4n) is 3.12. The van der Waals surface area contributed by atoms with E-state index < -0.39 is 0 Å². The third-order valence-corrected chi connectivity index (χ3v) is 4.22. The van der Waals surface area contributed by atoms with E-state index in [9.17, 15) is 10.1 Å². The van der Waals surface area contributed by atoms with Crippen LogP contribution in [0.5, 0.6) is 0 Å². The minimum absolute atomic E-state index is 0. The highest BCUT2D eigenvalue weighted by Crippen LogP contribution is 2.37. The molecule has 140 valence electrons. The van der Waals surface area contributed by atoms with Crippen molar-refractivity contribution in [3.05, 3.63) is 34.0 Å². The molecule has 0 saturated heterocycles. The number of aromatic nitrogens is 3. The van der Waals surface area contributed by atoms with Crippen LogP contribution < -0.4 is 5.32 Å². The molecule has 0 bridgehead atoms. The lowest BCUT2D eigenvalue weighted by atomic mass is 10.1. The van der Waals surface area contributed by atoms with Gasteiger partial charge in [-0.25, -0.2) is 4.98 Å². The summed E-state index contributed by atoms with van der Waals surface area (Å²) in [5.41, 5.74) is 2.93. The second-order valence-electron chi connectivity index (χ2n) is 6.41. The lowest BCUT2D eigenvalue weighted by Crippen LogP contribution is -2.16. The normalized spacial score (nSPS) is 11.1. The first-order valence-electron chi connectivity index (χ1n) is 8.19. The Balaban J connectivity index is 0.00000243. The largest absolute Gasteiger partial charge is 0.384 e. The molecular formula is C17H23ClN6O2. The number of pyridine rings is 1. The monoisotopic (exact) mass is 378 g/mol. The van der Waals surface area contributed by atoms with Crippen molar-refractivity contribution >= 4 is 45.7 Å². The van der Waals surface area contributed by atoms with Gasteiger partial charge < -0.3 is 10.2 Å². The average Bonchev–Trinajstić information content (AvgIpc) is 2.84. The predicted octanol–water partition coefficient (Wildman–Crippen LogP) is 3.12. The molecular weight excluding hydrogens is 356 g/mol. The van der Waals surface area contributed by atoms with Crippen molar-refractivity contribution in [3.8, 4) is 0 Å². The topological polar surface area (TPSA) is 89.1 Å². The quantitative estimate of drug-likeness (QED) is 0.402. The fraction of sp³-hybridized carbons (Fsp3) is 0.412. The molecule has 0 amide bonds. The molecule has 0 unspecified atom stereocenters. The van der Waals surface area contributed by atoms with E-state index >= 15 is 0 Å². The Kier molecular flexibility index (Phi) is 5.99. The molecule has 1 aromatic carbocycles. The van der Waals surface area contributed by atoms with Crippen LogP contribution in [-0.2, 0) is 7.05 Å². The number of nitro groups is 1. The second-order valence-corrected chi connectivity index (χ2v) is 6.41. The molecule has 1 N–H and O–H groups in total. The number of nitrogens with one attached hydrogen (secondary N) is 1. The van der Waals surface area contributed by atoms with E-state index in [-0.39, 0.29) is 23.0 Å². The van der Waals surface area contributed by atoms with Crippen molar-refractivity contribution in [1.29, 1.82) is 0 Å². The molecule has 0 fully saturated rings. The number of nitro benzene ring substituents is 1. The first-order valence-corrected chi connectivity index (χ1v) is 8.19. The molecule has 2 aromatic heterocycles. The van der Waals surface area contributed by atoms with E-state index in [1.54, 1.807) is 16.8 Å². The van der Waals surface area contributed by atoms with E-state index in [0.29, 0.717) is 17.4 Å². The lowest BCUT2D eigenvalue weighted by molar-refractivity contribution is -0.383. The SMILES string of the molecule is Cc1nn(C)c2nc3cccc([N+](=O)[O-])c3c(NCCCN(C)C)c12.Cl. The zero-order valence-electron chi connectivity index (χ0n) is 15.3. The first kappa shape index (κ1) is 19.9. The molecule has 0 aliphatic carbocycles. The Hall–Kier alpha value is -2.45. The van der Waals surface area contributed by atoms with E-state index in [4.69, 9.17) is 0 Å². The minimum atomic E-state index is -0.355. The van der Waals surface area contributed by atoms with Gasteiger partial charge in [0.1, 0.15) is 5.39 Å². The number of hydrogen-bond donors (Lipinski definition) is 1. The number of hydrogen-bond acceptors (Lipinski definition) is 6. The highest BCUT2D eigenvalue weighted by atomic mass is 35.5. The van der Waals surface area contributed by atoms with Gasteiger partial charge >= 0.3 is 0 Å². The number of nitrogens with zero attached hydrogens (tertiary/aromatic N) is 5. The molecule has 9 heteroatoms. The highest BCUT2D eigenvalue weighted by molar-refractivity contribution is 6.11. The van der Waals surface area contributed by atoms with Gasteiger partial charge in [-0.15, -0.1) is 12.4 Å². The standard InChI is InChI=1S/C17H22N6O2.ClH/c1-11-14-16(18-9-6-10-21(2)3)15-12(19-17(14)22(4)20-11)7-5-8-13(15)23(24)25;/h5,7-8H,6,9-10H2,1-4H3,(H,18,19);1H. The molecule has 0 atom stereocenters. The molecule has 3 rings (SSSR count). The van der Waals surface area contributed by atoms with Gasteiger partial charge in [0, 0.05) is 19.7 Å². The van der Waals surface area contributed by atoms with E-state index in [1.165, 1.54) is 6.07 Å². The number of anilines is 1. The van der Waals surface area contributed by atoms with Gasteiger partial charge in [-0.05, 0) is 40.1 Å². The Labute approximate surface area is 157 Å². The van der Waals surface area contributed by atoms with Gasteiger partial charge in [0.2, 0.25) is 0 Å². The van der Waals surface area contributed by atoms with Crippen molar-refractivity contribution in [1.82, 2.24) is 19.7 Å². The summed E-state index contributed by atoms with van der Waals surface area (Å²) < 4.78 is 1.72. The van der Waals surface area contributed by atoms with Crippen LogP contribution in [0.4, 0.5) is 11.4 Å². The maximum absolute atomic E-state index is 11.5. The number of halogens is 1. The van der Waals surface area contributed by atoms with Crippen LogP contribution in [-0.4, -0.2) is 51.8 Å². The lowest BCUT2D eigenvalue weighted by Gasteiger charge is -2.14. The molecule has 8 nitrogen and oxygen atoms in total. The number of rotatable bonds is 6. The van der Waals surface area contributed by atoms with Gasteiger partial charge in [0.25, 0.3) is 5.69 Å². The fourth-order valence-corrected chi connectivity index (χ4v) is 3.12. The summed E-state index contributed by atoms with van der Waals surface area (Å²) in [6.07, 6.45) is 0.929. The zero-order valence-corrected chi connectivity index (χ0v) is 16.1. The number of benzene rings is 1. The Morgan fingerprint density at radius 2 is 2.04 bits per heavy atom. The Morgan fingerprint density at radius 3 is 2.69 bits per heavy atom. The Bertz CT molecular complexity index is 953. The van der Waals surface area contributed by atoms with Crippen LogP contribution in [0.3, 0.4) is 0 Å². The van der Waals surface area contributed by atoms with Crippen LogP contribution in [0.1, 0.15) is 12.1 Å². The predicted molar refractivity (Wildman–Crippen MR) is 106 cm³/mol. The second kappa shape index (κ2) is 7.84. The summed E-state index contributed by atoms with van der Waals surface area (Å²) in [5, 5.41) is 20.8. The van der Waals surface area contributed by atoms with Gasteiger partial charge in [-0.3, -0.25) is 14.8 Å². The number of aryl methyl sites for hydroxylation is 2. The molecule has 26 heavy (non-hydrogen) atoms. The number of non-ortho nitro benzene ring substituents is 1. The van der Waals surface area contributed by atoms with E-state index in [1.807, 2.05) is 28.1 Å². The molecule has 3 aromatic rings. The van der Waals surface area contributed by atoms with Crippen LogP contribution in [0.15, 0.2) is 18.2 Å². The molecule has 0 aliphatic rings. The molecule has 2 heterocycles. The zero-order chi connectivity index (χ0) is 18.1. The maximum Gasteiger partial charge on any atom is 0.280 e. The van der Waals surface area contributed by atoms with Gasteiger partial charge in [0.05, 0.1) is 27.2 Å². The summed E-state index contributed by atoms with van der Waals surface area (Å²) >= 11 is 0. The van der Waals surface area contributed by atoms with Crippen molar-refractivity contribution in [2.75, 3.05) is 32.5 Å². The van der Waals surface area contributed by atoms with Crippen molar-refractivity contribution in [3.63, 3.8) is 0 Å². The van der Waals surface area contributed by atoms with E-state index in [2.05, 4.69) is 20.3 Å². The van der Waals surface area contributed by atoms with Crippen molar-refractivity contribution in [2.45, 2.75) is 13.3 Å². The van der Waals surface area contributed by atoms with Gasteiger partial charge in [0.15, 0.2) is 5.65 Å². The minimum Gasteiger partial charge on any atom is -0.384 e. The van der Waals surface area contributed by atoms with Crippen LogP contribution in [0.25, 0.3) is 21.9 Å². The Morgan fingerprint density at radius 1 is 1.31 bits per heavy atom. The highest BCUT2D eigenvalue weighted by Gasteiger charge is 2.22. The maximum atomic E-state index is 11.5. The molecule has 0 spiro atoms. The van der Waals surface area contributed by atoms with Crippen LogP contribution in [0.2, 0.25) is 0 Å². The smallest absolute Gasteiger partial charge is 0.280 e. The third-order valence-electron chi connectivity index (χ3n) is 4.22. The van der Waals surface area contributed by atoms with Crippen molar-refractivity contribution < 1.29 is 4.92 Å².